The number of carbonyl (C=O) groups is 1. The molecule has 0 bridgehead atoms. The van der Waals surface area contributed by atoms with E-state index in [-0.39, 0.29) is 5.92 Å². The highest BCUT2D eigenvalue weighted by Gasteiger charge is 2.44. The van der Waals surface area contributed by atoms with Gasteiger partial charge in [0.05, 0.1) is 23.7 Å². The van der Waals surface area contributed by atoms with Gasteiger partial charge in [0.2, 0.25) is 0 Å². The standard InChI is InChI=1S/C19H25ClO4/c1-12(2)15-13(19(18(21)22)7-4-3-5-8-19)11-14(20)16-17(15)24-10-6-9-23-16/h11-12H,3-10H2,1-2H3,(H,21,22). The Labute approximate surface area is 148 Å². The molecule has 2 aliphatic rings. The third kappa shape index (κ3) is 2.85. The van der Waals surface area contributed by atoms with Gasteiger partial charge < -0.3 is 14.6 Å². The number of aliphatic carboxylic acids is 1. The van der Waals surface area contributed by atoms with Gasteiger partial charge in [-0.15, -0.1) is 0 Å². The van der Waals surface area contributed by atoms with Gasteiger partial charge >= 0.3 is 5.97 Å². The maximum absolute atomic E-state index is 12.3. The predicted octanol–water partition coefficient (Wildman–Crippen LogP) is 4.91. The molecule has 0 amide bonds. The highest BCUT2D eigenvalue weighted by molar-refractivity contribution is 6.32. The van der Waals surface area contributed by atoms with Crippen LogP contribution in [0.5, 0.6) is 11.5 Å². The summed E-state index contributed by atoms with van der Waals surface area (Å²) in [6.07, 6.45) is 5.04. The molecule has 24 heavy (non-hydrogen) atoms. The summed E-state index contributed by atoms with van der Waals surface area (Å²) in [5, 5.41) is 10.5. The summed E-state index contributed by atoms with van der Waals surface area (Å²) in [6.45, 7) is 5.26. The number of hydrogen-bond acceptors (Lipinski definition) is 3. The molecule has 1 heterocycles. The molecule has 0 aromatic heterocycles. The van der Waals surface area contributed by atoms with Crippen LogP contribution in [0.3, 0.4) is 0 Å². The minimum atomic E-state index is -0.869. The molecule has 3 rings (SSSR count). The van der Waals surface area contributed by atoms with Gasteiger partial charge in [-0.3, -0.25) is 4.79 Å². The first kappa shape index (κ1) is 17.4. The van der Waals surface area contributed by atoms with Gasteiger partial charge in [0.25, 0.3) is 0 Å². The SMILES string of the molecule is CC(C)c1c(C2(C(=O)O)CCCCC2)cc(Cl)c2c1OCCCO2. The molecule has 1 aromatic carbocycles. The second kappa shape index (κ2) is 6.83. The van der Waals surface area contributed by atoms with Crippen molar-refractivity contribution >= 4 is 17.6 Å². The van der Waals surface area contributed by atoms with Crippen molar-refractivity contribution < 1.29 is 19.4 Å². The number of rotatable bonds is 3. The Balaban J connectivity index is 2.25. The first-order valence-corrected chi connectivity index (χ1v) is 9.21. The summed E-state index contributed by atoms with van der Waals surface area (Å²) >= 11 is 6.48. The molecule has 0 saturated heterocycles. The maximum atomic E-state index is 12.3. The highest BCUT2D eigenvalue weighted by Crippen LogP contribution is 2.51. The van der Waals surface area contributed by atoms with E-state index < -0.39 is 11.4 Å². The number of carboxylic acid groups (broad SMARTS) is 1. The lowest BCUT2D eigenvalue weighted by atomic mass is 9.67. The Morgan fingerprint density at radius 2 is 1.75 bits per heavy atom. The number of halogens is 1. The smallest absolute Gasteiger partial charge is 0.314 e. The van der Waals surface area contributed by atoms with Gasteiger partial charge in [0.15, 0.2) is 11.5 Å². The molecule has 0 atom stereocenters. The minimum absolute atomic E-state index is 0.130. The number of hydrogen-bond donors (Lipinski definition) is 1. The van der Waals surface area contributed by atoms with E-state index in [1.807, 2.05) is 6.07 Å². The van der Waals surface area contributed by atoms with Gasteiger partial charge in [-0.2, -0.15) is 0 Å². The number of carboxylic acids is 1. The summed E-state index contributed by atoms with van der Waals surface area (Å²) in [6, 6.07) is 1.82. The Morgan fingerprint density at radius 3 is 2.33 bits per heavy atom. The fourth-order valence-corrected chi connectivity index (χ4v) is 4.28. The third-order valence-electron chi connectivity index (χ3n) is 5.22. The van der Waals surface area contributed by atoms with Crippen LogP contribution >= 0.6 is 11.6 Å². The lowest BCUT2D eigenvalue weighted by Gasteiger charge is -2.36. The van der Waals surface area contributed by atoms with Gasteiger partial charge in [-0.25, -0.2) is 0 Å². The van der Waals surface area contributed by atoms with Crippen molar-refractivity contribution in [3.05, 3.63) is 22.2 Å². The molecule has 5 heteroatoms. The van der Waals surface area contributed by atoms with Gasteiger partial charge in [-0.05, 0) is 30.4 Å². The first-order valence-electron chi connectivity index (χ1n) is 8.83. The van der Waals surface area contributed by atoms with Crippen molar-refractivity contribution in [2.75, 3.05) is 13.2 Å². The summed E-state index contributed by atoms with van der Waals surface area (Å²) < 4.78 is 11.8. The summed E-state index contributed by atoms with van der Waals surface area (Å²) in [4.78, 5) is 12.3. The van der Waals surface area contributed by atoms with Crippen LogP contribution in [0, 0.1) is 0 Å². The van der Waals surface area contributed by atoms with Gasteiger partial charge in [-0.1, -0.05) is 44.7 Å². The molecule has 1 aliphatic heterocycles. The van der Waals surface area contributed by atoms with Crippen LogP contribution in [0.2, 0.25) is 5.02 Å². The number of benzene rings is 1. The Bertz CT molecular complexity index is 633. The second-order valence-corrected chi connectivity index (χ2v) is 7.54. The molecule has 1 aliphatic carbocycles. The zero-order chi connectivity index (χ0) is 17.3. The Hall–Kier alpha value is -1.42. The van der Waals surface area contributed by atoms with E-state index in [1.54, 1.807) is 0 Å². The lowest BCUT2D eigenvalue weighted by Crippen LogP contribution is -2.39. The number of fused-ring (bicyclic) bond motifs is 1. The molecule has 0 radical (unpaired) electrons. The molecule has 0 unspecified atom stereocenters. The van der Waals surface area contributed by atoms with E-state index in [0.29, 0.717) is 42.6 Å². The van der Waals surface area contributed by atoms with E-state index in [2.05, 4.69) is 13.8 Å². The normalized spacial score (nSPS) is 19.8. The molecule has 1 N–H and O–H groups in total. The monoisotopic (exact) mass is 352 g/mol. The van der Waals surface area contributed by atoms with Gasteiger partial charge in [0.1, 0.15) is 0 Å². The van der Waals surface area contributed by atoms with Crippen LogP contribution < -0.4 is 9.47 Å². The Kier molecular flexibility index (Phi) is 4.95. The largest absolute Gasteiger partial charge is 0.489 e. The van der Waals surface area contributed by atoms with E-state index in [1.165, 1.54) is 0 Å². The summed E-state index contributed by atoms with van der Waals surface area (Å²) in [7, 11) is 0. The van der Waals surface area contributed by atoms with Crippen LogP contribution in [-0.4, -0.2) is 24.3 Å². The summed E-state index contributed by atoms with van der Waals surface area (Å²) in [5.41, 5.74) is 0.895. The van der Waals surface area contributed by atoms with Crippen molar-refractivity contribution in [1.82, 2.24) is 0 Å². The molecular weight excluding hydrogens is 328 g/mol. The molecule has 0 spiro atoms. The second-order valence-electron chi connectivity index (χ2n) is 7.13. The minimum Gasteiger partial charge on any atom is -0.489 e. The zero-order valence-corrected chi connectivity index (χ0v) is 15.1. The first-order chi connectivity index (χ1) is 11.5. The quantitative estimate of drug-likeness (QED) is 0.839. The van der Waals surface area contributed by atoms with Crippen LogP contribution in [-0.2, 0) is 10.2 Å². The van der Waals surface area contributed by atoms with Crippen LogP contribution in [0.15, 0.2) is 6.07 Å². The highest BCUT2D eigenvalue weighted by atomic mass is 35.5. The van der Waals surface area contributed by atoms with E-state index >= 15 is 0 Å². The maximum Gasteiger partial charge on any atom is 0.314 e. The van der Waals surface area contributed by atoms with Crippen LogP contribution in [0.1, 0.15) is 69.4 Å². The zero-order valence-electron chi connectivity index (χ0n) is 14.4. The van der Waals surface area contributed by atoms with E-state index in [4.69, 9.17) is 21.1 Å². The average Bonchev–Trinajstić information content (AvgIpc) is 2.81. The molecule has 132 valence electrons. The molecule has 1 fully saturated rings. The molecule has 4 nitrogen and oxygen atoms in total. The molecule has 1 saturated carbocycles. The van der Waals surface area contributed by atoms with E-state index in [9.17, 15) is 9.90 Å². The van der Waals surface area contributed by atoms with Crippen LogP contribution in [0.4, 0.5) is 0 Å². The van der Waals surface area contributed by atoms with Crippen molar-refractivity contribution in [2.45, 2.75) is 63.7 Å². The van der Waals surface area contributed by atoms with Crippen molar-refractivity contribution in [2.24, 2.45) is 0 Å². The lowest BCUT2D eigenvalue weighted by molar-refractivity contribution is -0.145. The molecular formula is C19H25ClO4. The van der Waals surface area contributed by atoms with Crippen molar-refractivity contribution in [3.63, 3.8) is 0 Å². The van der Waals surface area contributed by atoms with Gasteiger partial charge in [0, 0.05) is 12.0 Å². The Morgan fingerprint density at radius 1 is 1.12 bits per heavy atom. The van der Waals surface area contributed by atoms with Crippen molar-refractivity contribution in [3.8, 4) is 11.5 Å². The fourth-order valence-electron chi connectivity index (χ4n) is 4.03. The topological polar surface area (TPSA) is 55.8 Å². The average molecular weight is 353 g/mol. The predicted molar refractivity (Wildman–Crippen MR) is 93.5 cm³/mol. The van der Waals surface area contributed by atoms with E-state index in [0.717, 1.165) is 36.8 Å². The summed E-state index contributed by atoms with van der Waals surface area (Å²) in [5.74, 6) is 0.592. The fraction of sp³-hybridized carbons (Fsp3) is 0.632. The molecule has 1 aromatic rings. The van der Waals surface area contributed by atoms with Crippen molar-refractivity contribution in [1.29, 1.82) is 0 Å². The number of ether oxygens (including phenoxy) is 2. The van der Waals surface area contributed by atoms with Crippen LogP contribution in [0.25, 0.3) is 0 Å². The third-order valence-corrected chi connectivity index (χ3v) is 5.50.